The molecule has 0 fully saturated rings. The monoisotopic (exact) mass is 293 g/mol. The number of hydrogen-bond acceptors (Lipinski definition) is 4. The fourth-order valence-electron chi connectivity index (χ4n) is 0.973. The van der Waals surface area contributed by atoms with Gasteiger partial charge >= 0.3 is 0 Å². The molecule has 4 nitrogen and oxygen atoms in total. The molecule has 15 heavy (non-hydrogen) atoms. The van der Waals surface area contributed by atoms with Crippen molar-refractivity contribution in [2.75, 3.05) is 24.3 Å². The lowest BCUT2D eigenvalue weighted by Crippen LogP contribution is -2.12. The lowest BCUT2D eigenvalue weighted by molar-refractivity contribution is 0.341. The number of ether oxygens (including phenoxy) is 1. The van der Waals surface area contributed by atoms with Gasteiger partial charge < -0.3 is 10.5 Å². The van der Waals surface area contributed by atoms with E-state index in [1.165, 1.54) is 6.26 Å². The maximum atomic E-state index is 10.9. The van der Waals surface area contributed by atoms with Crippen LogP contribution in [0.5, 0.6) is 5.75 Å². The summed E-state index contributed by atoms with van der Waals surface area (Å²) in [5.74, 6) is 0.467. The minimum absolute atomic E-state index is 0.0201. The fraction of sp³-hybridized carbons (Fsp3) is 0.333. The molecule has 6 heteroatoms. The largest absolute Gasteiger partial charge is 0.489 e. The second kappa shape index (κ2) is 4.85. The van der Waals surface area contributed by atoms with E-state index < -0.39 is 9.84 Å². The predicted octanol–water partition coefficient (Wildman–Crippen LogP) is 1.45. The Morgan fingerprint density at radius 2 is 2.13 bits per heavy atom. The van der Waals surface area contributed by atoms with Crippen LogP contribution in [0.2, 0.25) is 0 Å². The van der Waals surface area contributed by atoms with Crippen LogP contribution in [-0.4, -0.2) is 27.0 Å². The third-order valence-electron chi connectivity index (χ3n) is 1.70. The Kier molecular flexibility index (Phi) is 3.98. The fourth-order valence-corrected chi connectivity index (χ4v) is 1.85. The lowest BCUT2D eigenvalue weighted by atomic mass is 10.3. The molecule has 0 atom stereocenters. The van der Waals surface area contributed by atoms with Crippen LogP contribution in [0.15, 0.2) is 22.7 Å². The van der Waals surface area contributed by atoms with E-state index in [1.807, 2.05) is 0 Å². The smallest absolute Gasteiger partial charge is 0.156 e. The van der Waals surface area contributed by atoms with E-state index >= 15 is 0 Å². The van der Waals surface area contributed by atoms with E-state index in [0.29, 0.717) is 11.4 Å². The molecule has 0 heterocycles. The Bertz CT molecular complexity index is 424. The van der Waals surface area contributed by atoms with Gasteiger partial charge in [0.05, 0.1) is 15.9 Å². The Morgan fingerprint density at radius 1 is 1.47 bits per heavy atom. The molecule has 0 unspecified atom stereocenters. The first-order valence-corrected chi connectivity index (χ1v) is 7.10. The van der Waals surface area contributed by atoms with Gasteiger partial charge in [-0.3, -0.25) is 0 Å². The van der Waals surface area contributed by atoms with Crippen LogP contribution < -0.4 is 10.5 Å². The number of anilines is 1. The molecule has 0 bridgehead atoms. The Labute approximate surface area is 97.5 Å². The first-order chi connectivity index (χ1) is 6.90. The molecule has 0 aromatic heterocycles. The Morgan fingerprint density at radius 3 is 2.67 bits per heavy atom. The zero-order valence-electron chi connectivity index (χ0n) is 8.23. The first-order valence-electron chi connectivity index (χ1n) is 4.24. The number of hydrogen-bond donors (Lipinski definition) is 1. The van der Waals surface area contributed by atoms with Gasteiger partial charge in [-0.2, -0.15) is 0 Å². The Balaban J connectivity index is 2.66. The molecule has 1 rings (SSSR count). The van der Waals surface area contributed by atoms with Crippen LogP contribution in [-0.2, 0) is 9.84 Å². The number of nitrogen functional groups attached to an aromatic ring is 1. The summed E-state index contributed by atoms with van der Waals surface area (Å²) in [4.78, 5) is 0. The van der Waals surface area contributed by atoms with E-state index in [2.05, 4.69) is 15.9 Å². The summed E-state index contributed by atoms with van der Waals surface area (Å²) in [5.41, 5.74) is 6.15. The van der Waals surface area contributed by atoms with Gasteiger partial charge in [0.1, 0.15) is 6.61 Å². The highest BCUT2D eigenvalue weighted by atomic mass is 79.9. The van der Waals surface area contributed by atoms with Crippen LogP contribution in [0.1, 0.15) is 0 Å². The van der Waals surface area contributed by atoms with Gasteiger partial charge in [-0.25, -0.2) is 8.42 Å². The van der Waals surface area contributed by atoms with Crippen LogP contribution in [0.25, 0.3) is 0 Å². The molecule has 0 spiro atoms. The summed E-state index contributed by atoms with van der Waals surface area (Å²) in [6.07, 6.45) is 1.17. The van der Waals surface area contributed by atoms with E-state index in [1.54, 1.807) is 18.2 Å². The highest BCUT2D eigenvalue weighted by molar-refractivity contribution is 9.10. The SMILES string of the molecule is CS(=O)(=O)CCOc1c(N)cccc1Br. The zero-order chi connectivity index (χ0) is 11.5. The highest BCUT2D eigenvalue weighted by Crippen LogP contribution is 2.30. The number of nitrogens with two attached hydrogens (primary N) is 1. The maximum absolute atomic E-state index is 10.9. The van der Waals surface area contributed by atoms with E-state index in [0.717, 1.165) is 4.47 Å². The van der Waals surface area contributed by atoms with Gasteiger partial charge in [0.25, 0.3) is 0 Å². The molecule has 0 aliphatic rings. The molecule has 0 aliphatic heterocycles. The molecule has 2 N–H and O–H groups in total. The van der Waals surface area contributed by atoms with Crippen molar-refractivity contribution in [1.29, 1.82) is 0 Å². The van der Waals surface area contributed by atoms with Crippen LogP contribution >= 0.6 is 15.9 Å². The van der Waals surface area contributed by atoms with Crippen LogP contribution in [0.4, 0.5) is 5.69 Å². The molecule has 0 amide bonds. The summed E-state index contributed by atoms with van der Waals surface area (Å²) in [5, 5.41) is 0. The number of benzene rings is 1. The van der Waals surface area contributed by atoms with Gasteiger partial charge in [0.15, 0.2) is 15.6 Å². The van der Waals surface area contributed by atoms with Crippen molar-refractivity contribution in [3.05, 3.63) is 22.7 Å². The number of rotatable bonds is 4. The van der Waals surface area contributed by atoms with Crippen molar-refractivity contribution in [2.45, 2.75) is 0 Å². The van der Waals surface area contributed by atoms with Crippen molar-refractivity contribution < 1.29 is 13.2 Å². The van der Waals surface area contributed by atoms with Crippen molar-refractivity contribution >= 4 is 31.5 Å². The minimum atomic E-state index is -3.00. The summed E-state index contributed by atoms with van der Waals surface area (Å²) in [7, 11) is -3.00. The van der Waals surface area contributed by atoms with Crippen molar-refractivity contribution in [1.82, 2.24) is 0 Å². The standard InChI is InChI=1S/C9H12BrNO3S/c1-15(12,13)6-5-14-9-7(10)3-2-4-8(9)11/h2-4H,5-6,11H2,1H3. The average Bonchev–Trinajstić information content (AvgIpc) is 2.08. The van der Waals surface area contributed by atoms with Gasteiger partial charge in [-0.1, -0.05) is 6.07 Å². The molecule has 0 aliphatic carbocycles. The molecular formula is C9H12BrNO3S. The molecule has 0 saturated heterocycles. The van der Waals surface area contributed by atoms with Gasteiger partial charge in [0.2, 0.25) is 0 Å². The van der Waals surface area contributed by atoms with Crippen molar-refractivity contribution in [3.63, 3.8) is 0 Å². The molecular weight excluding hydrogens is 282 g/mol. The van der Waals surface area contributed by atoms with E-state index in [-0.39, 0.29) is 12.4 Å². The number of halogens is 1. The molecule has 0 saturated carbocycles. The first kappa shape index (κ1) is 12.3. The summed E-state index contributed by atoms with van der Waals surface area (Å²) < 4.78 is 27.7. The summed E-state index contributed by atoms with van der Waals surface area (Å²) in [6.45, 7) is 0.103. The number of sulfone groups is 1. The molecule has 84 valence electrons. The topological polar surface area (TPSA) is 69.4 Å². The summed E-state index contributed by atoms with van der Waals surface area (Å²) >= 11 is 3.27. The molecule has 1 aromatic carbocycles. The molecule has 0 radical (unpaired) electrons. The zero-order valence-corrected chi connectivity index (χ0v) is 10.6. The lowest BCUT2D eigenvalue weighted by Gasteiger charge is -2.09. The minimum Gasteiger partial charge on any atom is -0.489 e. The Hall–Kier alpha value is -0.750. The van der Waals surface area contributed by atoms with E-state index in [9.17, 15) is 8.42 Å². The van der Waals surface area contributed by atoms with Crippen LogP contribution in [0, 0.1) is 0 Å². The average molecular weight is 294 g/mol. The van der Waals surface area contributed by atoms with Gasteiger partial charge in [-0.15, -0.1) is 0 Å². The third-order valence-corrected chi connectivity index (χ3v) is 3.23. The summed E-state index contributed by atoms with van der Waals surface area (Å²) in [6, 6.07) is 5.26. The van der Waals surface area contributed by atoms with Crippen molar-refractivity contribution in [2.24, 2.45) is 0 Å². The second-order valence-corrected chi connectivity index (χ2v) is 6.25. The quantitative estimate of drug-likeness (QED) is 0.853. The number of para-hydroxylation sites is 1. The second-order valence-electron chi connectivity index (χ2n) is 3.14. The highest BCUT2D eigenvalue weighted by Gasteiger charge is 2.07. The molecule has 1 aromatic rings. The van der Waals surface area contributed by atoms with Crippen LogP contribution in [0.3, 0.4) is 0 Å². The predicted molar refractivity (Wildman–Crippen MR) is 63.8 cm³/mol. The van der Waals surface area contributed by atoms with E-state index in [4.69, 9.17) is 10.5 Å². The third kappa shape index (κ3) is 4.09. The van der Waals surface area contributed by atoms with Crippen molar-refractivity contribution in [3.8, 4) is 5.75 Å². The maximum Gasteiger partial charge on any atom is 0.156 e. The normalized spacial score (nSPS) is 11.3. The van der Waals surface area contributed by atoms with Gasteiger partial charge in [-0.05, 0) is 28.1 Å². The van der Waals surface area contributed by atoms with Gasteiger partial charge in [0, 0.05) is 6.26 Å².